The second kappa shape index (κ2) is 2.44. The van der Waals surface area contributed by atoms with E-state index in [1.807, 2.05) is 0 Å². The lowest BCUT2D eigenvalue weighted by Gasteiger charge is -1.78. The minimum Gasteiger partial charge on any atom is -0.265 e. The van der Waals surface area contributed by atoms with E-state index in [4.69, 9.17) is 0 Å². The summed E-state index contributed by atoms with van der Waals surface area (Å²) in [5.41, 5.74) is 0. The van der Waals surface area contributed by atoms with Crippen molar-refractivity contribution in [3.8, 4) is 0 Å². The van der Waals surface area contributed by atoms with Crippen LogP contribution >= 0.6 is 33.5 Å². The van der Waals surface area contributed by atoms with E-state index in [2.05, 4.69) is 0 Å². The van der Waals surface area contributed by atoms with Gasteiger partial charge in [0.1, 0.15) is 0 Å². The lowest BCUT2D eigenvalue weighted by Crippen LogP contribution is -1.80. The van der Waals surface area contributed by atoms with Gasteiger partial charge in [-0.15, -0.1) is 0 Å². The van der Waals surface area contributed by atoms with Gasteiger partial charge in [0.05, 0.1) is 19.8 Å². The highest BCUT2D eigenvalue weighted by Gasteiger charge is 2.21. The van der Waals surface area contributed by atoms with Crippen molar-refractivity contribution in [3.63, 3.8) is 0 Å². The topological polar surface area (TPSA) is 34.1 Å². The molecule has 6 heteroatoms. The fraction of sp³-hybridized carbons (Fsp3) is 0.250. The minimum absolute atomic E-state index is 0.120. The Kier molecular flexibility index (Phi) is 1.71. The summed E-state index contributed by atoms with van der Waals surface area (Å²) in [6, 6.07) is 0. The smallest absolute Gasteiger partial charge is 0.265 e. The Morgan fingerprint density at radius 1 is 1.40 bits per heavy atom. The highest BCUT2D eigenvalue weighted by atomic mass is 33.1. The molecule has 10 heavy (non-hydrogen) atoms. The quantitative estimate of drug-likeness (QED) is 0.608. The van der Waals surface area contributed by atoms with Gasteiger partial charge in [-0.1, -0.05) is 22.7 Å². The zero-order chi connectivity index (χ0) is 7.14. The molecule has 2 nitrogen and oxygen atoms in total. The Morgan fingerprint density at radius 3 is 2.90 bits per heavy atom. The van der Waals surface area contributed by atoms with Crippen LogP contribution in [0, 0.1) is 0 Å². The van der Waals surface area contributed by atoms with E-state index in [1.165, 1.54) is 33.5 Å². The molecule has 1 atom stereocenters. The van der Waals surface area contributed by atoms with Gasteiger partial charge in [0.2, 0.25) is 0 Å². The first-order valence-electron chi connectivity index (χ1n) is 2.45. The predicted molar refractivity (Wildman–Crippen MR) is 46.2 cm³/mol. The molecule has 2 rings (SSSR count). The van der Waals surface area contributed by atoms with Gasteiger partial charge in [-0.25, -0.2) is 4.21 Å². The molecule has 1 aliphatic heterocycles. The standard InChI is InChI=1S/C4H2O2S4/c5-4-7-2-1-10(6)9-3(2)8-4/h1H2. The Bertz CT molecular complexity index is 307. The van der Waals surface area contributed by atoms with Crippen molar-refractivity contribution in [2.75, 3.05) is 0 Å². The summed E-state index contributed by atoms with van der Waals surface area (Å²) in [7, 11) is 0.515. The highest BCUT2D eigenvalue weighted by molar-refractivity contribution is 8.69. The van der Waals surface area contributed by atoms with Gasteiger partial charge >= 0.3 is 0 Å². The van der Waals surface area contributed by atoms with Gasteiger partial charge in [-0.2, -0.15) is 0 Å². The first-order chi connectivity index (χ1) is 4.75. The molecule has 1 unspecified atom stereocenters. The number of hydrogen-bond acceptors (Lipinski definition) is 5. The molecule has 1 aliphatic rings. The van der Waals surface area contributed by atoms with Crippen molar-refractivity contribution in [2.45, 2.75) is 9.96 Å². The summed E-state index contributed by atoms with van der Waals surface area (Å²) in [4.78, 5) is 11.7. The molecule has 54 valence electrons. The lowest BCUT2D eigenvalue weighted by atomic mass is 10.7. The molecule has 0 radical (unpaired) electrons. The van der Waals surface area contributed by atoms with Gasteiger partial charge < -0.3 is 0 Å². The molecular formula is C4H2O2S4. The van der Waals surface area contributed by atoms with Crippen LogP contribution in [-0.4, -0.2) is 4.21 Å². The Balaban J connectivity index is 2.57. The normalized spacial score (nSPS) is 23.0. The van der Waals surface area contributed by atoms with Crippen LogP contribution < -0.4 is 4.06 Å². The van der Waals surface area contributed by atoms with E-state index in [-0.39, 0.29) is 4.06 Å². The third-order valence-electron chi connectivity index (χ3n) is 1.03. The van der Waals surface area contributed by atoms with Gasteiger partial charge in [0.15, 0.2) is 0 Å². The average Bonchev–Trinajstić information content (AvgIpc) is 2.21. The summed E-state index contributed by atoms with van der Waals surface area (Å²) < 4.78 is 11.9. The molecule has 0 saturated carbocycles. The third-order valence-corrected chi connectivity index (χ3v) is 6.66. The molecule has 1 aromatic rings. The van der Waals surface area contributed by atoms with E-state index in [0.29, 0.717) is 5.75 Å². The van der Waals surface area contributed by atoms with Crippen molar-refractivity contribution >= 4 is 43.3 Å². The highest BCUT2D eigenvalue weighted by Crippen LogP contribution is 2.39. The summed E-state index contributed by atoms with van der Waals surface area (Å²) in [6.07, 6.45) is 0. The Labute approximate surface area is 71.1 Å². The van der Waals surface area contributed by atoms with Gasteiger partial charge in [0, 0.05) is 4.88 Å². The van der Waals surface area contributed by atoms with Crippen molar-refractivity contribution in [3.05, 3.63) is 13.7 Å². The molecule has 0 saturated heterocycles. The van der Waals surface area contributed by atoms with E-state index in [1.54, 1.807) is 0 Å². The Morgan fingerprint density at radius 2 is 2.20 bits per heavy atom. The maximum atomic E-state index is 10.9. The van der Waals surface area contributed by atoms with E-state index in [9.17, 15) is 9.00 Å². The fourth-order valence-electron chi connectivity index (χ4n) is 0.668. The van der Waals surface area contributed by atoms with E-state index >= 15 is 0 Å². The maximum absolute atomic E-state index is 10.9. The van der Waals surface area contributed by atoms with E-state index in [0.717, 1.165) is 9.09 Å². The molecule has 0 aromatic carbocycles. The van der Waals surface area contributed by atoms with Crippen molar-refractivity contribution in [1.82, 2.24) is 0 Å². The molecule has 2 heterocycles. The second-order valence-electron chi connectivity index (χ2n) is 1.70. The van der Waals surface area contributed by atoms with Crippen LogP contribution in [0.4, 0.5) is 0 Å². The average molecular weight is 210 g/mol. The molecule has 0 bridgehead atoms. The summed E-state index contributed by atoms with van der Waals surface area (Å²) in [6.45, 7) is 0. The molecule has 0 N–H and O–H groups in total. The third kappa shape index (κ3) is 1.09. The second-order valence-corrected chi connectivity index (χ2v) is 7.35. The van der Waals surface area contributed by atoms with Crippen molar-refractivity contribution < 1.29 is 4.21 Å². The lowest BCUT2D eigenvalue weighted by molar-refractivity contribution is 0.692. The van der Waals surface area contributed by atoms with E-state index < -0.39 is 9.83 Å². The largest absolute Gasteiger partial charge is 0.288 e. The predicted octanol–water partition coefficient (Wildman–Crippen LogP) is 1.44. The fourth-order valence-corrected chi connectivity index (χ4v) is 7.23. The molecule has 1 aromatic heterocycles. The minimum atomic E-state index is -0.798. The van der Waals surface area contributed by atoms with Crippen molar-refractivity contribution in [1.29, 1.82) is 0 Å². The first kappa shape index (κ1) is 7.02. The Hall–Kier alpha value is 0.350. The van der Waals surface area contributed by atoms with Gasteiger partial charge in [-0.3, -0.25) is 4.79 Å². The number of hydrogen-bond donors (Lipinski definition) is 0. The monoisotopic (exact) mass is 210 g/mol. The number of rotatable bonds is 0. The van der Waals surface area contributed by atoms with Crippen LogP contribution in [0.25, 0.3) is 0 Å². The van der Waals surface area contributed by atoms with Gasteiger partial charge in [0.25, 0.3) is 4.06 Å². The first-order valence-corrected chi connectivity index (χ1v) is 6.74. The van der Waals surface area contributed by atoms with Gasteiger partial charge in [-0.05, 0) is 10.8 Å². The summed E-state index contributed by atoms with van der Waals surface area (Å²) in [5.74, 6) is 0.573. The van der Waals surface area contributed by atoms with Crippen molar-refractivity contribution in [2.24, 2.45) is 0 Å². The van der Waals surface area contributed by atoms with Crippen LogP contribution in [0.3, 0.4) is 0 Å². The van der Waals surface area contributed by atoms with Crippen LogP contribution in [0.15, 0.2) is 9.00 Å². The molecule has 0 spiro atoms. The zero-order valence-electron chi connectivity index (χ0n) is 4.66. The zero-order valence-corrected chi connectivity index (χ0v) is 7.92. The SMILES string of the molecule is O=c1sc2c(s1)SS(=O)C2. The van der Waals surface area contributed by atoms with Crippen LogP contribution in [0.1, 0.15) is 4.88 Å². The van der Waals surface area contributed by atoms with Crippen LogP contribution in [0.5, 0.6) is 0 Å². The summed E-state index contributed by atoms with van der Waals surface area (Å²) >= 11 is 2.44. The molecule has 0 amide bonds. The molecular weight excluding hydrogens is 208 g/mol. The van der Waals surface area contributed by atoms with Crippen LogP contribution in [0.2, 0.25) is 0 Å². The van der Waals surface area contributed by atoms with Crippen LogP contribution in [-0.2, 0) is 15.6 Å². The number of fused-ring (bicyclic) bond motifs is 1. The molecule has 0 aliphatic carbocycles. The maximum Gasteiger partial charge on any atom is 0.288 e. The summed E-state index contributed by atoms with van der Waals surface area (Å²) in [5, 5.41) is 0. The molecule has 0 fully saturated rings.